The summed E-state index contributed by atoms with van der Waals surface area (Å²) in [6.07, 6.45) is 0.329. The van der Waals surface area contributed by atoms with Crippen molar-refractivity contribution in [3.8, 4) is 0 Å². The molecule has 1 aliphatic heterocycles. The summed E-state index contributed by atoms with van der Waals surface area (Å²) < 4.78 is 0. The van der Waals surface area contributed by atoms with E-state index in [0.717, 1.165) is 19.6 Å². The molecule has 1 aliphatic rings. The molecule has 1 saturated heterocycles. The average Bonchev–Trinajstić information content (AvgIpc) is 2.80. The zero-order valence-corrected chi connectivity index (χ0v) is 10.9. The van der Waals surface area contributed by atoms with Crippen molar-refractivity contribution in [1.82, 2.24) is 16.0 Å². The highest BCUT2D eigenvalue weighted by Gasteiger charge is 2.16. The highest BCUT2D eigenvalue weighted by Crippen LogP contribution is 2.05. The third-order valence-electron chi connectivity index (χ3n) is 2.87. The molecular weight excluding hydrogens is 250 g/mol. The highest BCUT2D eigenvalue weighted by molar-refractivity contribution is 7.08. The van der Waals surface area contributed by atoms with E-state index >= 15 is 0 Å². The first-order valence-electron chi connectivity index (χ1n) is 6.03. The summed E-state index contributed by atoms with van der Waals surface area (Å²) in [6.45, 7) is 3.07. The van der Waals surface area contributed by atoms with Crippen molar-refractivity contribution in [2.45, 2.75) is 6.42 Å². The lowest BCUT2D eigenvalue weighted by Gasteiger charge is -2.27. The quantitative estimate of drug-likeness (QED) is 0.690. The number of hydrogen-bond donors (Lipinski definition) is 3. The SMILES string of the molecule is O=C(CCNC(=O)c1ccsc1)NCC1CNC1. The fourth-order valence-corrected chi connectivity index (χ4v) is 2.26. The topological polar surface area (TPSA) is 70.2 Å². The van der Waals surface area contributed by atoms with E-state index in [0.29, 0.717) is 24.4 Å². The van der Waals surface area contributed by atoms with Crippen molar-refractivity contribution in [2.24, 2.45) is 5.92 Å². The van der Waals surface area contributed by atoms with Crippen LogP contribution in [0.5, 0.6) is 0 Å². The molecular formula is C12H17N3O2S. The summed E-state index contributed by atoms with van der Waals surface area (Å²) in [7, 11) is 0. The maximum atomic E-state index is 11.6. The second-order valence-corrected chi connectivity index (χ2v) is 5.13. The predicted octanol–water partition coefficient (Wildman–Crippen LogP) is 0.204. The Morgan fingerprint density at radius 1 is 1.39 bits per heavy atom. The molecule has 2 rings (SSSR count). The Balaban J connectivity index is 1.56. The van der Waals surface area contributed by atoms with Crippen molar-refractivity contribution in [2.75, 3.05) is 26.2 Å². The van der Waals surface area contributed by atoms with E-state index in [1.165, 1.54) is 11.3 Å². The molecule has 18 heavy (non-hydrogen) atoms. The van der Waals surface area contributed by atoms with Crippen LogP contribution in [-0.2, 0) is 4.79 Å². The lowest BCUT2D eigenvalue weighted by atomic mass is 10.0. The van der Waals surface area contributed by atoms with Crippen LogP contribution < -0.4 is 16.0 Å². The van der Waals surface area contributed by atoms with Crippen LogP contribution in [-0.4, -0.2) is 38.0 Å². The standard InChI is InChI=1S/C12H17N3O2S/c16-11(15-7-9-5-13-6-9)1-3-14-12(17)10-2-4-18-8-10/h2,4,8-9,13H,1,3,5-7H2,(H,14,17)(H,15,16). The Morgan fingerprint density at radius 2 is 2.22 bits per heavy atom. The highest BCUT2D eigenvalue weighted by atomic mass is 32.1. The van der Waals surface area contributed by atoms with Crippen LogP contribution in [0.4, 0.5) is 0 Å². The van der Waals surface area contributed by atoms with Gasteiger partial charge in [-0.1, -0.05) is 0 Å². The number of nitrogens with one attached hydrogen (secondary N) is 3. The van der Waals surface area contributed by atoms with Crippen LogP contribution in [0.2, 0.25) is 0 Å². The number of rotatable bonds is 6. The van der Waals surface area contributed by atoms with Gasteiger partial charge < -0.3 is 16.0 Å². The summed E-state index contributed by atoms with van der Waals surface area (Å²) in [5.74, 6) is 0.439. The van der Waals surface area contributed by atoms with E-state index in [-0.39, 0.29) is 11.8 Å². The molecule has 1 aromatic rings. The zero-order valence-electron chi connectivity index (χ0n) is 10.1. The summed E-state index contributed by atoms with van der Waals surface area (Å²) in [4.78, 5) is 23.0. The lowest BCUT2D eigenvalue weighted by molar-refractivity contribution is -0.121. The molecule has 0 aliphatic carbocycles. The van der Waals surface area contributed by atoms with Crippen LogP contribution >= 0.6 is 11.3 Å². The van der Waals surface area contributed by atoms with Crippen molar-refractivity contribution in [3.63, 3.8) is 0 Å². The number of thiophene rings is 1. The Kier molecular flexibility index (Phi) is 4.72. The van der Waals surface area contributed by atoms with E-state index in [1.807, 2.05) is 5.38 Å². The predicted molar refractivity (Wildman–Crippen MR) is 70.6 cm³/mol. The zero-order chi connectivity index (χ0) is 12.8. The van der Waals surface area contributed by atoms with Crippen LogP contribution in [0.25, 0.3) is 0 Å². The minimum absolute atomic E-state index is 0.00693. The smallest absolute Gasteiger partial charge is 0.252 e. The fraction of sp³-hybridized carbons (Fsp3) is 0.500. The van der Waals surface area contributed by atoms with E-state index in [1.54, 1.807) is 11.4 Å². The first-order chi connectivity index (χ1) is 8.75. The molecule has 0 unspecified atom stereocenters. The van der Waals surface area contributed by atoms with Gasteiger partial charge in [0.15, 0.2) is 0 Å². The number of carbonyl (C=O) groups is 2. The molecule has 98 valence electrons. The van der Waals surface area contributed by atoms with Gasteiger partial charge in [0, 0.05) is 49.5 Å². The van der Waals surface area contributed by atoms with Gasteiger partial charge in [0.1, 0.15) is 0 Å². The van der Waals surface area contributed by atoms with Gasteiger partial charge in [0.05, 0.1) is 0 Å². The Labute approximate surface area is 110 Å². The van der Waals surface area contributed by atoms with Crippen LogP contribution in [0, 0.1) is 5.92 Å². The van der Waals surface area contributed by atoms with Crippen LogP contribution in [0.15, 0.2) is 16.8 Å². The van der Waals surface area contributed by atoms with Gasteiger partial charge in [0.25, 0.3) is 5.91 Å². The Hall–Kier alpha value is -1.40. The van der Waals surface area contributed by atoms with Gasteiger partial charge in [-0.05, 0) is 11.4 Å². The van der Waals surface area contributed by atoms with E-state index in [2.05, 4.69) is 16.0 Å². The van der Waals surface area contributed by atoms with Gasteiger partial charge in [-0.2, -0.15) is 11.3 Å². The molecule has 0 radical (unpaired) electrons. The van der Waals surface area contributed by atoms with E-state index < -0.39 is 0 Å². The Bertz CT molecular complexity index is 401. The number of hydrogen-bond acceptors (Lipinski definition) is 4. The van der Waals surface area contributed by atoms with Gasteiger partial charge >= 0.3 is 0 Å². The molecule has 0 saturated carbocycles. The maximum Gasteiger partial charge on any atom is 0.252 e. The molecule has 2 amide bonds. The summed E-state index contributed by atoms with van der Waals surface area (Å²) in [5, 5.41) is 12.4. The van der Waals surface area contributed by atoms with Crippen molar-refractivity contribution in [1.29, 1.82) is 0 Å². The molecule has 1 aromatic heterocycles. The molecule has 0 spiro atoms. The van der Waals surface area contributed by atoms with Crippen molar-refractivity contribution < 1.29 is 9.59 Å². The minimum atomic E-state index is -0.118. The monoisotopic (exact) mass is 267 g/mol. The van der Waals surface area contributed by atoms with E-state index in [9.17, 15) is 9.59 Å². The van der Waals surface area contributed by atoms with Gasteiger partial charge in [-0.25, -0.2) is 0 Å². The van der Waals surface area contributed by atoms with Crippen LogP contribution in [0.3, 0.4) is 0 Å². The first-order valence-corrected chi connectivity index (χ1v) is 6.98. The normalized spacial score (nSPS) is 14.9. The Morgan fingerprint density at radius 3 is 2.83 bits per heavy atom. The number of carbonyl (C=O) groups excluding carboxylic acids is 2. The molecule has 6 heteroatoms. The lowest BCUT2D eigenvalue weighted by Crippen LogP contribution is -2.48. The first kappa shape index (κ1) is 13.0. The molecule has 0 aromatic carbocycles. The molecule has 0 atom stereocenters. The molecule has 1 fully saturated rings. The third kappa shape index (κ3) is 3.82. The molecule has 0 bridgehead atoms. The summed E-state index contributed by atoms with van der Waals surface area (Å²) in [5.41, 5.74) is 0.654. The number of amides is 2. The van der Waals surface area contributed by atoms with Gasteiger partial charge in [-0.15, -0.1) is 0 Å². The minimum Gasteiger partial charge on any atom is -0.356 e. The third-order valence-corrected chi connectivity index (χ3v) is 3.56. The van der Waals surface area contributed by atoms with E-state index in [4.69, 9.17) is 0 Å². The molecule has 2 heterocycles. The van der Waals surface area contributed by atoms with Crippen molar-refractivity contribution in [3.05, 3.63) is 22.4 Å². The summed E-state index contributed by atoms with van der Waals surface area (Å²) >= 11 is 1.48. The largest absolute Gasteiger partial charge is 0.356 e. The average molecular weight is 267 g/mol. The summed E-state index contributed by atoms with van der Waals surface area (Å²) in [6, 6.07) is 1.77. The second-order valence-electron chi connectivity index (χ2n) is 4.35. The van der Waals surface area contributed by atoms with Gasteiger partial charge in [0.2, 0.25) is 5.91 Å². The molecule has 3 N–H and O–H groups in total. The van der Waals surface area contributed by atoms with Crippen LogP contribution in [0.1, 0.15) is 16.8 Å². The molecule has 5 nitrogen and oxygen atoms in total. The van der Waals surface area contributed by atoms with Gasteiger partial charge in [-0.3, -0.25) is 9.59 Å². The second kappa shape index (κ2) is 6.51. The maximum absolute atomic E-state index is 11.6. The fourth-order valence-electron chi connectivity index (χ4n) is 1.62. The van der Waals surface area contributed by atoms with Crippen molar-refractivity contribution >= 4 is 23.2 Å².